The molecule has 2 N–H and O–H groups in total. The van der Waals surface area contributed by atoms with Gasteiger partial charge in [-0.2, -0.15) is 10.2 Å². The van der Waals surface area contributed by atoms with E-state index in [9.17, 15) is 10.0 Å². The van der Waals surface area contributed by atoms with Gasteiger partial charge < -0.3 is 10.2 Å². The molecule has 8 nitrogen and oxygen atoms in total. The fraction of sp³-hybridized carbons (Fsp3) is 0.667. The lowest BCUT2D eigenvalue weighted by Gasteiger charge is -2.32. The monoisotopic (exact) mass is 320 g/mol. The molecule has 1 aromatic rings. The van der Waals surface area contributed by atoms with Crippen molar-refractivity contribution in [3.05, 3.63) is 17.5 Å². The minimum absolute atomic E-state index is 0.329. The Balaban J connectivity index is 2.04. The first kappa shape index (κ1) is 15.8. The van der Waals surface area contributed by atoms with Gasteiger partial charge in [0.15, 0.2) is 0 Å². The van der Waals surface area contributed by atoms with Crippen LogP contribution >= 0.6 is 0 Å². The van der Waals surface area contributed by atoms with Crippen LogP contribution in [-0.2, 0) is 6.54 Å². The first-order chi connectivity index (χ1) is 11.1. The lowest BCUT2D eigenvalue weighted by atomic mass is 9.97. The molecule has 3 rings (SSSR count). The molecule has 1 fully saturated rings. The minimum atomic E-state index is -0.382. The van der Waals surface area contributed by atoms with Gasteiger partial charge in [-0.15, -0.1) is 0 Å². The summed E-state index contributed by atoms with van der Waals surface area (Å²) in [5.74, 6) is 0.700. The van der Waals surface area contributed by atoms with Gasteiger partial charge in [0.05, 0.1) is 18.4 Å². The number of hydroxylamine groups is 2. The summed E-state index contributed by atoms with van der Waals surface area (Å²) in [6.45, 7) is 3.42. The maximum absolute atomic E-state index is 12.4. The number of nitrogens with one attached hydrogen (secondary N) is 1. The highest BCUT2D eigenvalue weighted by molar-refractivity contribution is 5.93. The zero-order valence-corrected chi connectivity index (χ0v) is 13.9. The molecule has 0 saturated carbocycles. The first-order valence-electron chi connectivity index (χ1n) is 8.12. The average Bonchev–Trinajstić information content (AvgIpc) is 3.08. The summed E-state index contributed by atoms with van der Waals surface area (Å²) in [7, 11) is 3.50. The molecule has 23 heavy (non-hydrogen) atoms. The Morgan fingerprint density at radius 2 is 2.30 bits per heavy atom. The third-order valence-electron chi connectivity index (χ3n) is 4.68. The number of amidine groups is 1. The Morgan fingerprint density at radius 3 is 2.96 bits per heavy atom. The van der Waals surface area contributed by atoms with Crippen molar-refractivity contribution in [3.8, 4) is 0 Å². The Bertz CT molecular complexity index is 625. The maximum Gasteiger partial charge on any atom is 0.345 e. The van der Waals surface area contributed by atoms with E-state index in [2.05, 4.69) is 22.3 Å². The van der Waals surface area contributed by atoms with E-state index >= 15 is 0 Å². The molecule has 126 valence electrons. The summed E-state index contributed by atoms with van der Waals surface area (Å²) in [5.41, 5.74) is 1.87. The summed E-state index contributed by atoms with van der Waals surface area (Å²) >= 11 is 0. The Kier molecular flexibility index (Phi) is 4.25. The van der Waals surface area contributed by atoms with Gasteiger partial charge >= 0.3 is 6.03 Å². The van der Waals surface area contributed by atoms with Crippen LogP contribution in [0.1, 0.15) is 49.5 Å². The molecule has 2 bridgehead atoms. The van der Waals surface area contributed by atoms with E-state index in [-0.39, 0.29) is 18.1 Å². The van der Waals surface area contributed by atoms with E-state index in [1.807, 2.05) is 4.68 Å². The summed E-state index contributed by atoms with van der Waals surface area (Å²) in [4.78, 5) is 18.3. The van der Waals surface area contributed by atoms with E-state index in [0.717, 1.165) is 42.1 Å². The van der Waals surface area contributed by atoms with Crippen molar-refractivity contribution in [2.24, 2.45) is 4.99 Å². The second-order valence-corrected chi connectivity index (χ2v) is 5.97. The number of hydrogen-bond acceptors (Lipinski definition) is 4. The molecule has 2 aliphatic heterocycles. The number of amides is 2. The highest BCUT2D eigenvalue weighted by atomic mass is 16.5. The van der Waals surface area contributed by atoms with Crippen molar-refractivity contribution in [1.29, 1.82) is 0 Å². The lowest BCUT2D eigenvalue weighted by molar-refractivity contribution is -0.0586. The zero-order valence-electron chi connectivity index (χ0n) is 13.9. The molecule has 3 heterocycles. The molecule has 1 saturated heterocycles. The number of unbranched alkanes of at least 4 members (excludes halogenated alkanes) is 2. The van der Waals surface area contributed by atoms with Crippen molar-refractivity contribution in [1.82, 2.24) is 25.1 Å². The molecule has 1 aromatic heterocycles. The number of urea groups is 1. The van der Waals surface area contributed by atoms with Gasteiger partial charge in [0.1, 0.15) is 17.9 Å². The second kappa shape index (κ2) is 6.19. The number of rotatable bonds is 5. The van der Waals surface area contributed by atoms with Crippen LogP contribution in [0.3, 0.4) is 0 Å². The highest BCUT2D eigenvalue weighted by Gasteiger charge is 2.50. The number of hydrogen-bond donors (Lipinski definition) is 2. The van der Waals surface area contributed by atoms with Gasteiger partial charge in [0, 0.05) is 26.2 Å². The number of fused-ring (bicyclic) bond motifs is 4. The number of nitrogens with zero attached hydrogens (tertiary/aromatic N) is 5. The van der Waals surface area contributed by atoms with Crippen molar-refractivity contribution < 1.29 is 10.0 Å². The van der Waals surface area contributed by atoms with E-state index in [1.165, 1.54) is 0 Å². The predicted molar refractivity (Wildman–Crippen MR) is 85.4 cm³/mol. The SMILES string of the molecule is CCCCCn1ncc2c1[C@@H](C(=NC)NC)N1C[C@@H]2N(O)C1=O. The highest BCUT2D eigenvalue weighted by Crippen LogP contribution is 2.43. The Hall–Kier alpha value is -2.09. The lowest BCUT2D eigenvalue weighted by Crippen LogP contribution is -2.43. The Morgan fingerprint density at radius 1 is 1.52 bits per heavy atom. The number of aryl methyl sites for hydroxylation is 1. The smallest absolute Gasteiger partial charge is 0.345 e. The second-order valence-electron chi connectivity index (χ2n) is 5.97. The summed E-state index contributed by atoms with van der Waals surface area (Å²) in [6, 6.07) is -1.05. The van der Waals surface area contributed by atoms with E-state index in [4.69, 9.17) is 0 Å². The van der Waals surface area contributed by atoms with Crippen LogP contribution < -0.4 is 5.32 Å². The van der Waals surface area contributed by atoms with Gasteiger partial charge in [0.25, 0.3) is 0 Å². The van der Waals surface area contributed by atoms with E-state index < -0.39 is 0 Å². The van der Waals surface area contributed by atoms with Crippen LogP contribution in [0.5, 0.6) is 0 Å². The molecule has 0 aliphatic carbocycles. The van der Waals surface area contributed by atoms with Crippen LogP contribution in [0.15, 0.2) is 11.2 Å². The molecule has 8 heteroatoms. The molecule has 2 amide bonds. The number of aliphatic imine (C=N–C) groups is 1. The predicted octanol–water partition coefficient (Wildman–Crippen LogP) is 1.54. The minimum Gasteiger partial charge on any atom is -0.375 e. The fourth-order valence-electron chi connectivity index (χ4n) is 3.50. The molecule has 2 atom stereocenters. The Labute approximate surface area is 135 Å². The normalized spacial score (nSPS) is 23.5. The molecular formula is C15H24N6O2. The first-order valence-corrected chi connectivity index (χ1v) is 8.12. The van der Waals surface area contributed by atoms with Gasteiger partial charge in [-0.3, -0.25) is 14.9 Å². The topological polar surface area (TPSA) is 86.0 Å². The van der Waals surface area contributed by atoms with Crippen LogP contribution in [0.2, 0.25) is 0 Å². The third-order valence-corrected chi connectivity index (χ3v) is 4.68. The summed E-state index contributed by atoms with van der Waals surface area (Å²) < 4.78 is 1.96. The standard InChI is InChI=1S/C15H24N6O2/c1-4-5-6-7-20-12-10(8-18-20)11-9-19(15(22)21(11)23)13(12)14(16-2)17-3/h8,11,13,23H,4-7,9H2,1-3H3,(H,16,17)/t11-,13-/m0/s1. The van der Waals surface area contributed by atoms with Crippen LogP contribution in [0.4, 0.5) is 4.79 Å². The average molecular weight is 320 g/mol. The third kappa shape index (κ3) is 2.37. The van der Waals surface area contributed by atoms with Crippen LogP contribution in [0, 0.1) is 0 Å². The number of aromatic nitrogens is 2. The van der Waals surface area contributed by atoms with Crippen molar-refractivity contribution >= 4 is 11.9 Å². The van der Waals surface area contributed by atoms with Gasteiger partial charge in [-0.25, -0.2) is 4.79 Å². The molecule has 0 unspecified atom stereocenters. The van der Waals surface area contributed by atoms with Gasteiger partial charge in [0.2, 0.25) is 0 Å². The van der Waals surface area contributed by atoms with E-state index in [0.29, 0.717) is 12.4 Å². The molecule has 0 aromatic carbocycles. The number of carbonyl (C=O) groups excluding carboxylic acids is 1. The van der Waals surface area contributed by atoms with Crippen LogP contribution in [0.25, 0.3) is 0 Å². The molecule has 0 spiro atoms. The largest absolute Gasteiger partial charge is 0.375 e. The zero-order chi connectivity index (χ0) is 16.6. The quantitative estimate of drug-likeness (QED) is 0.373. The fourth-order valence-corrected chi connectivity index (χ4v) is 3.50. The molecule has 2 aliphatic rings. The van der Waals surface area contributed by atoms with Crippen molar-refractivity contribution in [2.45, 2.75) is 44.8 Å². The maximum atomic E-state index is 12.4. The van der Waals surface area contributed by atoms with Gasteiger partial charge in [-0.1, -0.05) is 19.8 Å². The number of carbonyl (C=O) groups is 1. The molecular weight excluding hydrogens is 296 g/mol. The van der Waals surface area contributed by atoms with E-state index in [1.54, 1.807) is 25.2 Å². The van der Waals surface area contributed by atoms with Crippen LogP contribution in [-0.4, -0.2) is 57.5 Å². The summed E-state index contributed by atoms with van der Waals surface area (Å²) in [6.07, 6.45) is 5.10. The summed E-state index contributed by atoms with van der Waals surface area (Å²) in [5, 5.41) is 18.5. The van der Waals surface area contributed by atoms with Crippen molar-refractivity contribution in [3.63, 3.8) is 0 Å². The van der Waals surface area contributed by atoms with Crippen molar-refractivity contribution in [2.75, 3.05) is 20.6 Å². The molecule has 0 radical (unpaired) electrons. The van der Waals surface area contributed by atoms with Gasteiger partial charge in [-0.05, 0) is 6.42 Å². The number of likely N-dealkylation sites (N-methyl/N-ethyl adjacent to an activating group) is 1.